The van der Waals surface area contributed by atoms with E-state index in [1.54, 1.807) is 0 Å². The summed E-state index contributed by atoms with van der Waals surface area (Å²) < 4.78 is 34.5. The molecule has 4 rings (SSSR count). The van der Waals surface area contributed by atoms with Gasteiger partial charge in [0.1, 0.15) is 11.4 Å². The van der Waals surface area contributed by atoms with E-state index in [-0.39, 0.29) is 19.8 Å². The van der Waals surface area contributed by atoms with E-state index >= 15 is 0 Å². The lowest BCUT2D eigenvalue weighted by Gasteiger charge is -2.07. The predicted octanol–water partition coefficient (Wildman–Crippen LogP) is 10.0. The summed E-state index contributed by atoms with van der Waals surface area (Å²) >= 11 is 15.0. The first-order chi connectivity index (χ1) is 17.7. The maximum Gasteiger partial charge on any atom is 0.206 e. The van der Waals surface area contributed by atoms with Gasteiger partial charge in [0.05, 0.1) is 19.8 Å². The quantitative estimate of drug-likeness (QED) is 0.152. The molecule has 0 aliphatic carbocycles. The third-order valence-electron chi connectivity index (χ3n) is 5.09. The molecule has 188 valence electrons. The van der Waals surface area contributed by atoms with Gasteiger partial charge in [0.15, 0.2) is 0 Å². The lowest BCUT2D eigenvalue weighted by Crippen LogP contribution is -2.01. The molecule has 6 nitrogen and oxygen atoms in total. The highest BCUT2D eigenvalue weighted by Crippen LogP contribution is 2.35. The minimum absolute atomic E-state index is 0.0167. The van der Waals surface area contributed by atoms with Gasteiger partial charge in [-0.05, 0) is 74.5 Å². The van der Waals surface area contributed by atoms with Crippen molar-refractivity contribution in [2.24, 2.45) is 19.3 Å². The van der Waals surface area contributed by atoms with E-state index < -0.39 is 9.84 Å². The van der Waals surface area contributed by atoms with Crippen molar-refractivity contribution in [3.05, 3.63) is 106 Å². The second-order valence-corrected chi connectivity index (χ2v) is 12.3. The largest absolute Gasteiger partial charge is 0.219 e. The number of halogens is 2. The van der Waals surface area contributed by atoms with Crippen LogP contribution in [0, 0.1) is 13.8 Å². The van der Waals surface area contributed by atoms with Gasteiger partial charge in [-0.3, -0.25) is 0 Å². The van der Waals surface area contributed by atoms with Crippen LogP contribution in [0.25, 0.3) is 0 Å². The van der Waals surface area contributed by atoms with E-state index in [9.17, 15) is 8.42 Å². The Hall–Kier alpha value is -2.69. The van der Waals surface area contributed by atoms with Crippen molar-refractivity contribution in [2.75, 3.05) is 0 Å². The first-order valence-corrected chi connectivity index (χ1v) is 14.6. The van der Waals surface area contributed by atoms with Crippen LogP contribution in [0.15, 0.2) is 124 Å². The van der Waals surface area contributed by atoms with Crippen molar-refractivity contribution in [3.63, 3.8) is 0 Å². The van der Waals surface area contributed by atoms with Crippen LogP contribution < -0.4 is 0 Å². The van der Waals surface area contributed by atoms with Crippen LogP contribution in [0.2, 0.25) is 10.0 Å². The number of rotatable bonds is 8. The molecule has 0 aliphatic heterocycles. The highest BCUT2D eigenvalue weighted by Gasteiger charge is 2.20. The zero-order valence-electron chi connectivity index (χ0n) is 19.7. The first kappa shape index (κ1) is 27.3. The lowest BCUT2D eigenvalue weighted by molar-refractivity contribution is 0.596. The zero-order chi connectivity index (χ0) is 26.4. The van der Waals surface area contributed by atoms with Crippen molar-refractivity contribution in [1.29, 1.82) is 0 Å². The number of hydrogen-bond acceptors (Lipinski definition) is 8. The molecule has 0 radical (unpaired) electrons. The molecule has 4 aromatic carbocycles. The molecule has 11 heteroatoms. The zero-order valence-corrected chi connectivity index (χ0v) is 23.6. The average molecular weight is 588 g/mol. The molecule has 0 N–H and O–H groups in total. The van der Waals surface area contributed by atoms with Crippen molar-refractivity contribution >= 4 is 68.3 Å². The van der Waals surface area contributed by atoms with Crippen LogP contribution >= 0.6 is 47.1 Å². The van der Waals surface area contributed by atoms with Gasteiger partial charge >= 0.3 is 0 Å². The smallest absolute Gasteiger partial charge is 0.206 e. The van der Waals surface area contributed by atoms with Gasteiger partial charge in [0.25, 0.3) is 0 Å². The number of nitrogens with zero attached hydrogens (tertiary/aromatic N) is 4. The van der Waals surface area contributed by atoms with Crippen LogP contribution in [0.3, 0.4) is 0 Å². The van der Waals surface area contributed by atoms with Gasteiger partial charge in [-0.1, -0.05) is 58.6 Å². The summed E-state index contributed by atoms with van der Waals surface area (Å²) in [7, 11) is -3.88. The van der Waals surface area contributed by atoms with E-state index in [0.717, 1.165) is 20.9 Å². The Labute approximate surface area is 234 Å². The fraction of sp³-hybridized carbons (Fsp3) is 0.0769. The van der Waals surface area contributed by atoms with Crippen LogP contribution in [0.4, 0.5) is 11.4 Å². The summed E-state index contributed by atoms with van der Waals surface area (Å²) in [6.07, 6.45) is 0. The Kier molecular flexibility index (Phi) is 9.04. The van der Waals surface area contributed by atoms with E-state index in [1.165, 1.54) is 60.3 Å². The fourth-order valence-electron chi connectivity index (χ4n) is 3.03. The summed E-state index contributed by atoms with van der Waals surface area (Å²) in [5.74, 6) is 0. The minimum atomic E-state index is -3.88. The molecule has 37 heavy (non-hydrogen) atoms. The van der Waals surface area contributed by atoms with Gasteiger partial charge in [0, 0.05) is 33.7 Å². The molecule has 0 unspecified atom stereocenters. The SMILES string of the molecule is Cc1ccc(SN=Nc2ccc(S(=O)(=O)c3ccc(N=NSc4ccc(C)cc4)c(Cl)c3)cc2Cl)cc1. The topological polar surface area (TPSA) is 83.6 Å². The number of sulfone groups is 1. The summed E-state index contributed by atoms with van der Waals surface area (Å²) in [6, 6.07) is 24.3. The molecule has 0 bridgehead atoms. The Morgan fingerprint density at radius 1 is 0.595 bits per heavy atom. The standard InChI is InChI=1S/C26H20Cl2N4O2S3/c1-17-3-7-19(8-4-17)35-31-29-25-13-11-21(15-23(25)27)37(33,34)22-12-14-26(24(28)16-22)30-32-36-20-9-5-18(2)6-10-20/h3-16H,1-2H3. The predicted molar refractivity (Wildman–Crippen MR) is 151 cm³/mol. The third-order valence-corrected chi connectivity index (χ3v) is 8.74. The number of hydrogen-bond donors (Lipinski definition) is 0. The van der Waals surface area contributed by atoms with E-state index in [4.69, 9.17) is 23.2 Å². The monoisotopic (exact) mass is 586 g/mol. The number of aryl methyl sites for hydroxylation is 2. The molecule has 0 spiro atoms. The van der Waals surface area contributed by atoms with Crippen LogP contribution in [0.1, 0.15) is 11.1 Å². The highest BCUT2D eigenvalue weighted by molar-refractivity contribution is 7.98. The average Bonchev–Trinajstić information content (AvgIpc) is 2.88. The summed E-state index contributed by atoms with van der Waals surface area (Å²) in [5, 5.41) is 8.56. The van der Waals surface area contributed by atoms with Crippen LogP contribution in [-0.2, 0) is 9.84 Å². The Bertz CT molecular complexity index is 1460. The van der Waals surface area contributed by atoms with Crippen molar-refractivity contribution in [1.82, 2.24) is 0 Å². The normalized spacial score (nSPS) is 12.0. The molecule has 0 aliphatic rings. The Balaban J connectivity index is 1.46. The maximum absolute atomic E-state index is 13.2. The molecule has 4 aromatic rings. The van der Waals surface area contributed by atoms with Crippen LogP contribution in [0.5, 0.6) is 0 Å². The summed E-state index contributed by atoms with van der Waals surface area (Å²) in [6.45, 7) is 4.01. The molecule has 0 aromatic heterocycles. The van der Waals surface area contributed by atoms with Gasteiger partial charge in [-0.2, -0.15) is 0 Å². The summed E-state index contributed by atoms with van der Waals surface area (Å²) in [5.41, 5.74) is 3.03. The van der Waals surface area contributed by atoms with E-state index in [2.05, 4.69) is 19.3 Å². The second-order valence-electron chi connectivity index (χ2n) is 7.90. The Morgan fingerprint density at radius 2 is 0.973 bits per heavy atom. The molecule has 0 saturated carbocycles. The molecular weight excluding hydrogens is 567 g/mol. The van der Waals surface area contributed by atoms with Gasteiger partial charge < -0.3 is 0 Å². The summed E-state index contributed by atoms with van der Waals surface area (Å²) in [4.78, 5) is 1.89. The maximum atomic E-state index is 13.2. The Morgan fingerprint density at radius 3 is 1.32 bits per heavy atom. The first-order valence-electron chi connectivity index (χ1n) is 10.9. The van der Waals surface area contributed by atoms with Crippen LogP contribution in [-0.4, -0.2) is 8.42 Å². The fourth-order valence-corrected chi connectivity index (χ4v) is 5.87. The third kappa shape index (κ3) is 7.21. The number of benzene rings is 4. The molecule has 0 saturated heterocycles. The molecule has 0 amide bonds. The molecule has 0 atom stereocenters. The van der Waals surface area contributed by atoms with Gasteiger partial charge in [-0.15, -0.1) is 19.3 Å². The van der Waals surface area contributed by atoms with Gasteiger partial charge in [-0.25, -0.2) is 8.42 Å². The highest BCUT2D eigenvalue weighted by atomic mass is 35.5. The minimum Gasteiger partial charge on any atom is -0.219 e. The van der Waals surface area contributed by atoms with Crippen molar-refractivity contribution in [3.8, 4) is 0 Å². The van der Waals surface area contributed by atoms with Crippen molar-refractivity contribution < 1.29 is 8.42 Å². The lowest BCUT2D eigenvalue weighted by atomic mass is 10.2. The molecular formula is C26H20Cl2N4O2S3. The molecule has 0 fully saturated rings. The molecule has 0 heterocycles. The van der Waals surface area contributed by atoms with E-state index in [0.29, 0.717) is 11.4 Å². The van der Waals surface area contributed by atoms with Crippen molar-refractivity contribution in [2.45, 2.75) is 33.4 Å². The van der Waals surface area contributed by atoms with Gasteiger partial charge in [0.2, 0.25) is 9.84 Å². The van der Waals surface area contributed by atoms with E-state index in [1.807, 2.05) is 62.4 Å². The second kappa shape index (κ2) is 12.2.